The van der Waals surface area contributed by atoms with Crippen molar-refractivity contribution in [3.05, 3.63) is 65.2 Å². The molecular weight excluding hydrogens is 506 g/mol. The summed E-state index contributed by atoms with van der Waals surface area (Å²) in [5, 5.41) is 0. The van der Waals surface area contributed by atoms with Crippen molar-refractivity contribution in [1.29, 1.82) is 0 Å². The van der Waals surface area contributed by atoms with E-state index < -0.39 is 10.0 Å². The second-order valence-corrected chi connectivity index (χ2v) is 11.1. The van der Waals surface area contributed by atoms with Crippen molar-refractivity contribution in [2.45, 2.75) is 31.1 Å². The van der Waals surface area contributed by atoms with Crippen LogP contribution in [-0.4, -0.2) is 44.0 Å². The Kier molecular flexibility index (Phi) is 8.83. The molecular formula is C29H35NO7S. The highest BCUT2D eigenvalue weighted by atomic mass is 32.2. The third-order valence-corrected chi connectivity index (χ3v) is 7.35. The summed E-state index contributed by atoms with van der Waals surface area (Å²) in [6, 6.07) is 13.7. The van der Waals surface area contributed by atoms with E-state index in [4.69, 9.17) is 23.7 Å². The Balaban J connectivity index is 2.06. The monoisotopic (exact) mass is 541 g/mol. The lowest BCUT2D eigenvalue weighted by Crippen LogP contribution is -2.15. The van der Waals surface area contributed by atoms with Crippen LogP contribution in [0.2, 0.25) is 0 Å². The van der Waals surface area contributed by atoms with Crippen LogP contribution in [0.1, 0.15) is 37.5 Å². The van der Waals surface area contributed by atoms with Crippen molar-refractivity contribution >= 4 is 27.9 Å². The molecule has 3 rings (SSSR count). The standard InChI is InChI=1S/C29H35NO7S/c1-29(2,3)21-11-13-22(14-12-21)38(31,32)30-23-18-25(34-5)24(33-4)17-20(23)10-9-19-15-26(35-6)28(37-8)27(16-19)36-7/h9-18,30H,1-8H3. The van der Waals surface area contributed by atoms with Crippen LogP contribution in [0.5, 0.6) is 28.7 Å². The van der Waals surface area contributed by atoms with Gasteiger partial charge in [-0.15, -0.1) is 0 Å². The molecule has 0 aliphatic rings. The first-order valence-electron chi connectivity index (χ1n) is 11.8. The van der Waals surface area contributed by atoms with Crippen LogP contribution < -0.4 is 28.4 Å². The van der Waals surface area contributed by atoms with Gasteiger partial charge in [0.25, 0.3) is 10.0 Å². The summed E-state index contributed by atoms with van der Waals surface area (Å²) in [5.41, 5.74) is 2.58. The van der Waals surface area contributed by atoms with E-state index in [1.54, 1.807) is 56.7 Å². The molecule has 9 heteroatoms. The molecule has 3 aromatic rings. The Morgan fingerprint density at radius 2 is 1.21 bits per heavy atom. The highest BCUT2D eigenvalue weighted by molar-refractivity contribution is 7.92. The van der Waals surface area contributed by atoms with Crippen LogP contribution in [-0.2, 0) is 15.4 Å². The Bertz CT molecular complexity index is 1380. The zero-order valence-electron chi connectivity index (χ0n) is 23.0. The van der Waals surface area contributed by atoms with Gasteiger partial charge in [0, 0.05) is 11.6 Å². The quantitative estimate of drug-likeness (QED) is 0.315. The van der Waals surface area contributed by atoms with Crippen molar-refractivity contribution in [3.8, 4) is 28.7 Å². The molecule has 0 spiro atoms. The van der Waals surface area contributed by atoms with Gasteiger partial charge >= 0.3 is 0 Å². The summed E-state index contributed by atoms with van der Waals surface area (Å²) in [7, 11) is 3.74. The van der Waals surface area contributed by atoms with Gasteiger partial charge in [0.1, 0.15) is 0 Å². The fraction of sp³-hybridized carbons (Fsp3) is 0.310. The van der Waals surface area contributed by atoms with Crippen LogP contribution in [0, 0.1) is 0 Å². The molecule has 1 N–H and O–H groups in total. The van der Waals surface area contributed by atoms with E-state index in [0.717, 1.165) is 11.1 Å². The first kappa shape index (κ1) is 28.7. The van der Waals surface area contributed by atoms with Crippen LogP contribution in [0.15, 0.2) is 53.4 Å². The SMILES string of the molecule is COc1cc(C=Cc2cc(OC)c(OC)c(OC)c2)c(NS(=O)(=O)c2ccc(C(C)(C)C)cc2)cc1OC. The summed E-state index contributed by atoms with van der Waals surface area (Å²) in [5.74, 6) is 2.31. The largest absolute Gasteiger partial charge is 0.493 e. The Morgan fingerprint density at radius 3 is 1.68 bits per heavy atom. The average Bonchev–Trinajstić information content (AvgIpc) is 2.90. The smallest absolute Gasteiger partial charge is 0.261 e. The molecule has 0 amide bonds. The molecule has 0 aromatic heterocycles. The second kappa shape index (κ2) is 11.7. The fourth-order valence-electron chi connectivity index (χ4n) is 3.84. The van der Waals surface area contributed by atoms with Gasteiger partial charge in [-0.25, -0.2) is 8.42 Å². The van der Waals surface area contributed by atoms with Gasteiger partial charge < -0.3 is 23.7 Å². The average molecular weight is 542 g/mol. The van der Waals surface area contributed by atoms with Crippen molar-refractivity contribution in [2.24, 2.45) is 0 Å². The summed E-state index contributed by atoms with van der Waals surface area (Å²) < 4.78 is 56.5. The van der Waals surface area contributed by atoms with E-state index >= 15 is 0 Å². The van der Waals surface area contributed by atoms with Gasteiger partial charge in [-0.05, 0) is 46.9 Å². The van der Waals surface area contributed by atoms with E-state index in [1.807, 2.05) is 18.2 Å². The zero-order valence-corrected chi connectivity index (χ0v) is 23.9. The molecule has 0 saturated heterocycles. The fourth-order valence-corrected chi connectivity index (χ4v) is 4.92. The number of nitrogens with one attached hydrogen (secondary N) is 1. The maximum Gasteiger partial charge on any atom is 0.261 e. The third-order valence-electron chi connectivity index (χ3n) is 5.97. The lowest BCUT2D eigenvalue weighted by Gasteiger charge is -2.19. The van der Waals surface area contributed by atoms with Gasteiger partial charge in [0.05, 0.1) is 46.1 Å². The van der Waals surface area contributed by atoms with E-state index in [9.17, 15) is 8.42 Å². The normalized spacial score (nSPS) is 11.8. The first-order valence-corrected chi connectivity index (χ1v) is 13.3. The molecule has 8 nitrogen and oxygen atoms in total. The first-order chi connectivity index (χ1) is 18.0. The lowest BCUT2D eigenvalue weighted by atomic mass is 9.87. The molecule has 204 valence electrons. The number of hydrogen-bond donors (Lipinski definition) is 1. The Hall–Kier alpha value is -3.85. The summed E-state index contributed by atoms with van der Waals surface area (Å²) in [6.45, 7) is 6.22. The van der Waals surface area contributed by atoms with Crippen LogP contribution in [0.3, 0.4) is 0 Å². The number of benzene rings is 3. The van der Waals surface area contributed by atoms with Crippen LogP contribution in [0.25, 0.3) is 12.2 Å². The molecule has 0 bridgehead atoms. The number of ether oxygens (including phenoxy) is 5. The molecule has 3 aromatic carbocycles. The minimum atomic E-state index is -3.89. The van der Waals surface area contributed by atoms with Gasteiger partial charge in [-0.1, -0.05) is 45.1 Å². The van der Waals surface area contributed by atoms with E-state index in [2.05, 4.69) is 25.5 Å². The summed E-state index contributed by atoms with van der Waals surface area (Å²) in [6.07, 6.45) is 3.57. The zero-order chi connectivity index (χ0) is 28.1. The molecule has 0 saturated carbocycles. The maximum absolute atomic E-state index is 13.3. The topological polar surface area (TPSA) is 92.3 Å². The van der Waals surface area contributed by atoms with Gasteiger partial charge in [0.2, 0.25) is 5.75 Å². The molecule has 0 aliphatic carbocycles. The van der Waals surface area contributed by atoms with E-state index in [0.29, 0.717) is 40.0 Å². The minimum absolute atomic E-state index is 0.0934. The molecule has 0 radical (unpaired) electrons. The van der Waals surface area contributed by atoms with E-state index in [1.165, 1.54) is 21.3 Å². The van der Waals surface area contributed by atoms with E-state index in [-0.39, 0.29) is 10.3 Å². The maximum atomic E-state index is 13.3. The molecule has 0 aliphatic heterocycles. The molecule has 0 heterocycles. The van der Waals surface area contributed by atoms with Crippen LogP contribution in [0.4, 0.5) is 5.69 Å². The predicted octanol–water partition coefficient (Wildman–Crippen LogP) is 6.00. The highest BCUT2D eigenvalue weighted by Gasteiger charge is 2.20. The number of hydrogen-bond acceptors (Lipinski definition) is 7. The van der Waals surface area contributed by atoms with Crippen molar-refractivity contribution in [2.75, 3.05) is 40.3 Å². The third kappa shape index (κ3) is 6.34. The number of rotatable bonds is 10. The van der Waals surface area contributed by atoms with Gasteiger partial charge in [0.15, 0.2) is 23.0 Å². The molecule has 38 heavy (non-hydrogen) atoms. The van der Waals surface area contributed by atoms with Crippen molar-refractivity contribution in [1.82, 2.24) is 0 Å². The second-order valence-electron chi connectivity index (χ2n) is 9.47. The van der Waals surface area contributed by atoms with Gasteiger partial charge in [-0.2, -0.15) is 0 Å². The van der Waals surface area contributed by atoms with Crippen molar-refractivity contribution < 1.29 is 32.1 Å². The minimum Gasteiger partial charge on any atom is -0.493 e. The lowest BCUT2D eigenvalue weighted by molar-refractivity contribution is 0.324. The molecule has 0 unspecified atom stereocenters. The summed E-state index contributed by atoms with van der Waals surface area (Å²) >= 11 is 0. The Morgan fingerprint density at radius 1 is 0.684 bits per heavy atom. The molecule has 0 fully saturated rings. The van der Waals surface area contributed by atoms with Crippen molar-refractivity contribution in [3.63, 3.8) is 0 Å². The predicted molar refractivity (Wildman–Crippen MR) is 151 cm³/mol. The van der Waals surface area contributed by atoms with Crippen LogP contribution >= 0.6 is 0 Å². The molecule has 0 atom stereocenters. The van der Waals surface area contributed by atoms with Gasteiger partial charge in [-0.3, -0.25) is 4.72 Å². The highest BCUT2D eigenvalue weighted by Crippen LogP contribution is 2.39. The number of methoxy groups -OCH3 is 5. The Labute approximate surface area is 225 Å². The number of sulfonamides is 1. The summed E-state index contributed by atoms with van der Waals surface area (Å²) in [4.78, 5) is 0.153. The number of anilines is 1.